The Hall–Kier alpha value is -2.94. The van der Waals surface area contributed by atoms with Crippen LogP contribution >= 0.6 is 0 Å². The number of hydrogen-bond acceptors (Lipinski definition) is 6. The Morgan fingerprint density at radius 1 is 1.03 bits per heavy atom. The maximum Gasteiger partial charge on any atom is 0.243 e. The smallest absolute Gasteiger partial charge is 0.243 e. The lowest BCUT2D eigenvalue weighted by atomic mass is 9.87. The van der Waals surface area contributed by atoms with Crippen molar-refractivity contribution in [1.29, 1.82) is 0 Å². The highest BCUT2D eigenvalue weighted by Gasteiger charge is 2.31. The fourth-order valence-corrected chi connectivity index (χ4v) is 4.46. The summed E-state index contributed by atoms with van der Waals surface area (Å²) in [4.78, 5) is 12.8. The number of methoxy groups -OCH3 is 2. The molecule has 0 aliphatic rings. The van der Waals surface area contributed by atoms with Crippen LogP contribution in [0.4, 0.5) is 5.69 Å². The first-order valence-corrected chi connectivity index (χ1v) is 12.5. The highest BCUT2D eigenvalue weighted by molar-refractivity contribution is 7.92. The minimum atomic E-state index is -3.80. The van der Waals surface area contributed by atoms with Crippen molar-refractivity contribution in [3.05, 3.63) is 48.0 Å². The minimum Gasteiger partial charge on any atom is -0.497 e. The molecule has 2 rings (SSSR count). The third-order valence-corrected chi connectivity index (χ3v) is 6.33. The van der Waals surface area contributed by atoms with Crippen molar-refractivity contribution in [2.45, 2.75) is 39.2 Å². The van der Waals surface area contributed by atoms with Gasteiger partial charge in [0.15, 0.2) is 0 Å². The van der Waals surface area contributed by atoms with E-state index in [1.807, 2.05) is 24.3 Å². The van der Waals surface area contributed by atoms with Gasteiger partial charge in [-0.2, -0.15) is 0 Å². The zero-order valence-electron chi connectivity index (χ0n) is 20.3. The first kappa shape index (κ1) is 26.3. The number of nitrogens with zero attached hydrogens (tertiary/aromatic N) is 1. The number of hydrogen-bond donors (Lipinski definition) is 1. The van der Waals surface area contributed by atoms with Crippen molar-refractivity contribution >= 4 is 21.6 Å². The van der Waals surface area contributed by atoms with E-state index in [0.717, 1.165) is 10.6 Å². The van der Waals surface area contributed by atoms with Crippen LogP contribution in [0.25, 0.3) is 0 Å². The minimum absolute atomic E-state index is 0.0551. The van der Waals surface area contributed by atoms with E-state index in [1.54, 1.807) is 12.1 Å². The Morgan fingerprint density at radius 2 is 1.64 bits per heavy atom. The van der Waals surface area contributed by atoms with Crippen LogP contribution in [0.3, 0.4) is 0 Å². The molecule has 1 amide bonds. The van der Waals surface area contributed by atoms with Gasteiger partial charge in [-0.1, -0.05) is 32.9 Å². The van der Waals surface area contributed by atoms with Gasteiger partial charge in [-0.3, -0.25) is 9.10 Å². The number of nitrogens with one attached hydrogen (secondary N) is 1. The molecule has 9 heteroatoms. The molecule has 8 nitrogen and oxygen atoms in total. The predicted molar refractivity (Wildman–Crippen MR) is 130 cm³/mol. The van der Waals surface area contributed by atoms with E-state index < -0.39 is 22.0 Å². The van der Waals surface area contributed by atoms with Gasteiger partial charge in [0.1, 0.15) is 29.9 Å². The normalized spacial score (nSPS) is 12.6. The molecular formula is C24H34N2O6S. The van der Waals surface area contributed by atoms with E-state index in [1.165, 1.54) is 32.8 Å². The van der Waals surface area contributed by atoms with E-state index in [-0.39, 0.29) is 24.3 Å². The van der Waals surface area contributed by atoms with Gasteiger partial charge < -0.3 is 19.5 Å². The summed E-state index contributed by atoms with van der Waals surface area (Å²) >= 11 is 0. The first-order valence-electron chi connectivity index (χ1n) is 10.6. The van der Waals surface area contributed by atoms with Crippen molar-refractivity contribution in [3.63, 3.8) is 0 Å². The lowest BCUT2D eigenvalue weighted by molar-refractivity contribution is -0.121. The Bertz CT molecular complexity index is 1050. The number of carbonyl (C=O) groups is 1. The maximum atomic E-state index is 12.8. The number of amides is 1. The lowest BCUT2D eigenvalue weighted by Gasteiger charge is -2.29. The molecule has 2 aromatic carbocycles. The first-order chi connectivity index (χ1) is 15.4. The number of anilines is 1. The van der Waals surface area contributed by atoms with Crippen LogP contribution in [0.2, 0.25) is 0 Å². The SMILES string of the molecule is COc1ccc(OC)c(N([C@@H](C)C(=O)NCCOc2ccc(C(C)(C)C)cc2)S(C)(=O)=O)c1. The molecule has 2 aromatic rings. The summed E-state index contributed by atoms with van der Waals surface area (Å²) in [6, 6.07) is 11.6. The topological polar surface area (TPSA) is 94.2 Å². The van der Waals surface area contributed by atoms with Gasteiger partial charge in [-0.05, 0) is 42.2 Å². The maximum absolute atomic E-state index is 12.8. The van der Waals surface area contributed by atoms with Crippen molar-refractivity contribution in [2.75, 3.05) is 37.9 Å². The molecule has 0 aliphatic heterocycles. The molecule has 1 N–H and O–H groups in total. The fourth-order valence-electron chi connectivity index (χ4n) is 3.29. The predicted octanol–water partition coefficient (Wildman–Crippen LogP) is 3.35. The van der Waals surface area contributed by atoms with Crippen molar-refractivity contribution in [3.8, 4) is 17.2 Å². The van der Waals surface area contributed by atoms with E-state index >= 15 is 0 Å². The summed E-state index contributed by atoms with van der Waals surface area (Å²) in [5, 5.41) is 2.73. The molecule has 33 heavy (non-hydrogen) atoms. The molecule has 1 atom stereocenters. The van der Waals surface area contributed by atoms with Gasteiger partial charge >= 0.3 is 0 Å². The molecule has 0 saturated heterocycles. The Morgan fingerprint density at radius 3 is 2.15 bits per heavy atom. The van der Waals surface area contributed by atoms with Crippen LogP contribution in [0, 0.1) is 0 Å². The van der Waals surface area contributed by atoms with Gasteiger partial charge in [0.05, 0.1) is 32.7 Å². The molecule has 0 saturated carbocycles. The Balaban J connectivity index is 2.06. The molecule has 0 aliphatic carbocycles. The second kappa shape index (κ2) is 10.8. The van der Waals surface area contributed by atoms with E-state index in [0.29, 0.717) is 17.2 Å². The molecule has 0 spiro atoms. The van der Waals surface area contributed by atoms with E-state index in [9.17, 15) is 13.2 Å². The summed E-state index contributed by atoms with van der Waals surface area (Å²) in [7, 11) is -0.896. The summed E-state index contributed by atoms with van der Waals surface area (Å²) in [5.41, 5.74) is 1.47. The molecule has 0 fully saturated rings. The monoisotopic (exact) mass is 478 g/mol. The standard InChI is InChI=1S/C24H34N2O6S/c1-17(26(33(7,28)29)21-16-20(30-5)12-13-22(21)31-6)23(27)25-14-15-32-19-10-8-18(9-11-19)24(2,3)4/h8-13,16-17H,14-15H2,1-7H3,(H,25,27)/t17-/m0/s1. The molecule has 182 valence electrons. The van der Waals surface area contributed by atoms with E-state index in [4.69, 9.17) is 14.2 Å². The summed E-state index contributed by atoms with van der Waals surface area (Å²) in [5.74, 6) is 0.988. The van der Waals surface area contributed by atoms with Crippen LogP contribution < -0.4 is 23.8 Å². The third-order valence-electron chi connectivity index (χ3n) is 5.10. The molecule has 0 bridgehead atoms. The third kappa shape index (κ3) is 7.02. The second-order valence-electron chi connectivity index (χ2n) is 8.69. The zero-order valence-corrected chi connectivity index (χ0v) is 21.2. The molecule has 0 unspecified atom stereocenters. The highest BCUT2D eigenvalue weighted by atomic mass is 32.2. The van der Waals surface area contributed by atoms with Gasteiger partial charge in [0, 0.05) is 6.07 Å². The van der Waals surface area contributed by atoms with Crippen LogP contribution in [-0.2, 0) is 20.2 Å². The number of ether oxygens (including phenoxy) is 3. The quantitative estimate of drug-likeness (QED) is 0.527. The lowest BCUT2D eigenvalue weighted by Crippen LogP contribution is -2.48. The Kier molecular flexibility index (Phi) is 8.60. The van der Waals surface area contributed by atoms with E-state index in [2.05, 4.69) is 26.1 Å². The Labute approximate surface area is 196 Å². The van der Waals surface area contributed by atoms with Gasteiger partial charge in [-0.25, -0.2) is 8.42 Å². The number of sulfonamides is 1. The molecule has 0 radical (unpaired) electrons. The summed E-state index contributed by atoms with van der Waals surface area (Å²) in [6.07, 6.45) is 1.04. The fraction of sp³-hybridized carbons (Fsp3) is 0.458. The second-order valence-corrected chi connectivity index (χ2v) is 10.5. The van der Waals surface area contributed by atoms with Crippen molar-refractivity contribution < 1.29 is 27.4 Å². The summed E-state index contributed by atoms with van der Waals surface area (Å²) in [6.45, 7) is 8.40. The highest BCUT2D eigenvalue weighted by Crippen LogP contribution is 2.35. The van der Waals surface area contributed by atoms with Crippen LogP contribution in [0.1, 0.15) is 33.3 Å². The number of benzene rings is 2. The summed E-state index contributed by atoms with van der Waals surface area (Å²) < 4.78 is 42.4. The van der Waals surface area contributed by atoms with Gasteiger partial charge in [-0.15, -0.1) is 0 Å². The molecular weight excluding hydrogens is 444 g/mol. The van der Waals surface area contributed by atoms with Crippen molar-refractivity contribution in [2.24, 2.45) is 0 Å². The zero-order chi connectivity index (χ0) is 24.8. The van der Waals surface area contributed by atoms with Crippen LogP contribution in [-0.4, -0.2) is 54.0 Å². The number of rotatable bonds is 10. The van der Waals surface area contributed by atoms with Gasteiger partial charge in [0.2, 0.25) is 15.9 Å². The van der Waals surface area contributed by atoms with Crippen LogP contribution in [0.15, 0.2) is 42.5 Å². The van der Waals surface area contributed by atoms with Crippen molar-refractivity contribution in [1.82, 2.24) is 5.32 Å². The average molecular weight is 479 g/mol. The largest absolute Gasteiger partial charge is 0.497 e. The molecule has 0 heterocycles. The molecule has 0 aromatic heterocycles. The number of carbonyl (C=O) groups excluding carboxylic acids is 1. The average Bonchev–Trinajstić information content (AvgIpc) is 2.75. The van der Waals surface area contributed by atoms with Crippen LogP contribution in [0.5, 0.6) is 17.2 Å². The van der Waals surface area contributed by atoms with Gasteiger partial charge in [0.25, 0.3) is 0 Å².